The third kappa shape index (κ3) is 2.53. The van der Waals surface area contributed by atoms with E-state index in [4.69, 9.17) is 10.5 Å². The van der Waals surface area contributed by atoms with Crippen molar-refractivity contribution >= 4 is 0 Å². The van der Waals surface area contributed by atoms with Gasteiger partial charge in [-0.15, -0.1) is 0 Å². The Morgan fingerprint density at radius 1 is 1.16 bits per heavy atom. The molecule has 0 fully saturated rings. The van der Waals surface area contributed by atoms with Gasteiger partial charge in [0.2, 0.25) is 0 Å². The first-order chi connectivity index (χ1) is 9.04. The maximum Gasteiger partial charge on any atom is 0.194 e. The Bertz CT molecular complexity index is 604. The number of pyridine rings is 1. The molecule has 0 aliphatic heterocycles. The molecule has 0 spiro atoms. The van der Waals surface area contributed by atoms with Crippen molar-refractivity contribution < 1.29 is 17.9 Å². The molecule has 1 heterocycles. The number of rotatable bonds is 3. The molecule has 0 saturated heterocycles. The highest BCUT2D eigenvalue weighted by Gasteiger charge is 2.20. The number of aromatic nitrogens is 1. The third-order valence-electron chi connectivity index (χ3n) is 2.73. The van der Waals surface area contributed by atoms with Crippen LogP contribution < -0.4 is 10.5 Å². The van der Waals surface area contributed by atoms with Crippen molar-refractivity contribution in [2.45, 2.75) is 6.04 Å². The summed E-state index contributed by atoms with van der Waals surface area (Å²) in [5.41, 5.74) is 6.13. The lowest BCUT2D eigenvalue weighted by molar-refractivity contribution is 0.411. The van der Waals surface area contributed by atoms with Crippen LogP contribution in [0.5, 0.6) is 5.75 Å². The maximum absolute atomic E-state index is 13.6. The number of methoxy groups -OCH3 is 1. The molecule has 1 aromatic heterocycles. The van der Waals surface area contributed by atoms with Gasteiger partial charge >= 0.3 is 0 Å². The van der Waals surface area contributed by atoms with Crippen LogP contribution in [0.25, 0.3) is 0 Å². The fraction of sp³-hybridized carbons (Fsp3) is 0.154. The van der Waals surface area contributed by atoms with Crippen molar-refractivity contribution in [1.29, 1.82) is 0 Å². The van der Waals surface area contributed by atoms with E-state index in [0.717, 1.165) is 12.1 Å². The zero-order valence-electron chi connectivity index (χ0n) is 10.0. The van der Waals surface area contributed by atoms with Crippen molar-refractivity contribution in [3.8, 4) is 5.75 Å². The molecule has 100 valence electrons. The highest BCUT2D eigenvalue weighted by atomic mass is 19.2. The van der Waals surface area contributed by atoms with Crippen LogP contribution in [0.4, 0.5) is 13.2 Å². The van der Waals surface area contributed by atoms with Crippen LogP contribution in [0.2, 0.25) is 0 Å². The predicted molar refractivity (Wildman–Crippen MR) is 63.1 cm³/mol. The van der Waals surface area contributed by atoms with E-state index in [2.05, 4.69) is 4.98 Å². The Balaban J connectivity index is 2.44. The lowest BCUT2D eigenvalue weighted by Gasteiger charge is -2.14. The molecule has 0 bridgehead atoms. The average molecular weight is 268 g/mol. The zero-order chi connectivity index (χ0) is 14.0. The first-order valence-corrected chi connectivity index (χ1v) is 5.42. The minimum absolute atomic E-state index is 0.144. The Hall–Kier alpha value is -2.08. The molecule has 3 nitrogen and oxygen atoms in total. The number of ether oxygens (including phenoxy) is 1. The van der Waals surface area contributed by atoms with Crippen molar-refractivity contribution in [3.63, 3.8) is 0 Å². The maximum atomic E-state index is 13.6. The van der Waals surface area contributed by atoms with Gasteiger partial charge in [0.15, 0.2) is 17.5 Å². The lowest BCUT2D eigenvalue weighted by Crippen LogP contribution is -2.15. The zero-order valence-corrected chi connectivity index (χ0v) is 10.0. The number of nitrogens with zero attached hydrogens (tertiary/aromatic N) is 1. The Morgan fingerprint density at radius 2 is 1.89 bits per heavy atom. The largest absolute Gasteiger partial charge is 0.495 e. The molecule has 2 N–H and O–H groups in total. The number of hydrogen-bond acceptors (Lipinski definition) is 3. The van der Waals surface area contributed by atoms with E-state index in [1.807, 2.05) is 0 Å². The van der Waals surface area contributed by atoms with Crippen LogP contribution in [0.3, 0.4) is 0 Å². The summed E-state index contributed by atoms with van der Waals surface area (Å²) < 4.78 is 44.6. The van der Waals surface area contributed by atoms with Gasteiger partial charge in [0.25, 0.3) is 0 Å². The van der Waals surface area contributed by atoms with Gasteiger partial charge in [0.05, 0.1) is 19.3 Å². The summed E-state index contributed by atoms with van der Waals surface area (Å²) >= 11 is 0. The quantitative estimate of drug-likeness (QED) is 0.870. The van der Waals surface area contributed by atoms with Crippen LogP contribution in [0.1, 0.15) is 17.2 Å². The first-order valence-electron chi connectivity index (χ1n) is 5.42. The molecule has 0 amide bonds. The number of benzene rings is 1. The van der Waals surface area contributed by atoms with Gasteiger partial charge in [-0.05, 0) is 17.7 Å². The van der Waals surface area contributed by atoms with E-state index < -0.39 is 23.5 Å². The van der Waals surface area contributed by atoms with Crippen molar-refractivity contribution in [3.05, 3.63) is 59.2 Å². The molecular weight excluding hydrogens is 257 g/mol. The highest BCUT2D eigenvalue weighted by molar-refractivity contribution is 5.34. The minimum Gasteiger partial charge on any atom is -0.495 e. The summed E-state index contributed by atoms with van der Waals surface area (Å²) in [6.07, 6.45) is 2.87. The van der Waals surface area contributed by atoms with E-state index in [1.54, 1.807) is 6.07 Å². The minimum atomic E-state index is -1.54. The Morgan fingerprint density at radius 3 is 2.58 bits per heavy atom. The van der Waals surface area contributed by atoms with E-state index >= 15 is 0 Å². The molecule has 0 aliphatic rings. The smallest absolute Gasteiger partial charge is 0.194 e. The second kappa shape index (κ2) is 5.27. The van der Waals surface area contributed by atoms with Crippen LogP contribution in [0.15, 0.2) is 30.6 Å². The molecule has 1 aromatic carbocycles. The number of hydrogen-bond donors (Lipinski definition) is 1. The second-order valence-corrected chi connectivity index (χ2v) is 3.90. The summed E-state index contributed by atoms with van der Waals surface area (Å²) in [6, 6.07) is 2.54. The molecule has 0 saturated carbocycles. The summed E-state index contributed by atoms with van der Waals surface area (Å²) in [5.74, 6) is -3.65. The summed E-state index contributed by atoms with van der Waals surface area (Å²) in [5, 5.41) is 0. The predicted octanol–water partition coefficient (Wildman–Crippen LogP) is 2.56. The molecule has 1 atom stereocenters. The second-order valence-electron chi connectivity index (χ2n) is 3.90. The standard InChI is InChI=1S/C13H11F3N2O/c1-19-8-4-7(5-18-6-8)13(17)9-2-3-10(14)12(16)11(9)15/h2-6,13H,17H2,1H3. The third-order valence-corrected chi connectivity index (χ3v) is 2.73. The normalized spacial score (nSPS) is 12.3. The van der Waals surface area contributed by atoms with Gasteiger partial charge in [0.1, 0.15) is 5.75 Å². The molecule has 2 rings (SSSR count). The molecule has 2 aromatic rings. The fourth-order valence-corrected chi connectivity index (χ4v) is 1.68. The van der Waals surface area contributed by atoms with Crippen LogP contribution in [-0.4, -0.2) is 12.1 Å². The molecular formula is C13H11F3N2O. The van der Waals surface area contributed by atoms with Crippen molar-refractivity contribution in [2.24, 2.45) is 5.73 Å². The fourth-order valence-electron chi connectivity index (χ4n) is 1.68. The van der Waals surface area contributed by atoms with Gasteiger partial charge in [-0.2, -0.15) is 0 Å². The molecule has 6 heteroatoms. The van der Waals surface area contributed by atoms with Gasteiger partial charge in [0, 0.05) is 11.8 Å². The Labute approximate surface area is 107 Å². The van der Waals surface area contributed by atoms with Gasteiger partial charge in [-0.25, -0.2) is 13.2 Å². The van der Waals surface area contributed by atoms with Crippen molar-refractivity contribution in [2.75, 3.05) is 7.11 Å². The SMILES string of the molecule is COc1cncc(C(N)c2ccc(F)c(F)c2F)c1. The Kier molecular flexibility index (Phi) is 3.71. The summed E-state index contributed by atoms with van der Waals surface area (Å²) in [4.78, 5) is 3.88. The van der Waals surface area contributed by atoms with E-state index in [1.165, 1.54) is 19.5 Å². The monoisotopic (exact) mass is 268 g/mol. The molecule has 0 radical (unpaired) electrons. The van der Waals surface area contributed by atoms with Crippen LogP contribution in [-0.2, 0) is 0 Å². The number of halogens is 3. The molecule has 1 unspecified atom stereocenters. The highest BCUT2D eigenvalue weighted by Crippen LogP contribution is 2.26. The summed E-state index contributed by atoms with van der Waals surface area (Å²) in [6.45, 7) is 0. The van der Waals surface area contributed by atoms with Gasteiger partial charge in [-0.1, -0.05) is 6.07 Å². The topological polar surface area (TPSA) is 48.1 Å². The van der Waals surface area contributed by atoms with E-state index in [9.17, 15) is 13.2 Å². The summed E-state index contributed by atoms with van der Waals surface area (Å²) in [7, 11) is 1.45. The molecule has 0 aliphatic carbocycles. The van der Waals surface area contributed by atoms with Gasteiger partial charge in [-0.3, -0.25) is 4.98 Å². The molecule has 19 heavy (non-hydrogen) atoms. The van der Waals surface area contributed by atoms with E-state index in [-0.39, 0.29) is 5.56 Å². The van der Waals surface area contributed by atoms with Gasteiger partial charge < -0.3 is 10.5 Å². The average Bonchev–Trinajstić information content (AvgIpc) is 2.44. The van der Waals surface area contributed by atoms with Crippen LogP contribution >= 0.6 is 0 Å². The lowest BCUT2D eigenvalue weighted by atomic mass is 10.00. The van der Waals surface area contributed by atoms with E-state index in [0.29, 0.717) is 11.3 Å². The first kappa shape index (κ1) is 13.4. The number of nitrogens with two attached hydrogens (primary N) is 1. The van der Waals surface area contributed by atoms with Crippen LogP contribution in [0, 0.1) is 17.5 Å². The van der Waals surface area contributed by atoms with Crippen molar-refractivity contribution in [1.82, 2.24) is 4.98 Å².